The second-order valence-corrected chi connectivity index (χ2v) is 5.04. The maximum absolute atomic E-state index is 3.57. The predicted octanol–water partition coefficient (Wildman–Crippen LogP) is 3.18. The van der Waals surface area contributed by atoms with Gasteiger partial charge in [0.25, 0.3) is 0 Å². The summed E-state index contributed by atoms with van der Waals surface area (Å²) in [6, 6.07) is 2.71. The van der Waals surface area contributed by atoms with Gasteiger partial charge < -0.3 is 5.32 Å². The molecule has 1 N–H and O–H groups in total. The van der Waals surface area contributed by atoms with E-state index in [4.69, 9.17) is 0 Å². The van der Waals surface area contributed by atoms with Crippen molar-refractivity contribution in [1.29, 1.82) is 0 Å². The molecule has 2 rings (SSSR count). The number of nitrogens with one attached hydrogen (secondary N) is 1. The minimum Gasteiger partial charge on any atom is -0.312 e. The van der Waals surface area contributed by atoms with Gasteiger partial charge in [0.2, 0.25) is 0 Å². The van der Waals surface area contributed by atoms with E-state index < -0.39 is 0 Å². The lowest BCUT2D eigenvalue weighted by Gasteiger charge is -2.13. The van der Waals surface area contributed by atoms with Crippen molar-refractivity contribution < 1.29 is 0 Å². The van der Waals surface area contributed by atoms with E-state index in [1.54, 1.807) is 0 Å². The Bertz CT molecular complexity index is 267. The van der Waals surface area contributed by atoms with Gasteiger partial charge in [-0.05, 0) is 53.2 Å². The highest BCUT2D eigenvalue weighted by atomic mass is 79.9. The van der Waals surface area contributed by atoms with Crippen molar-refractivity contribution in [2.24, 2.45) is 5.92 Å². The third-order valence-corrected chi connectivity index (χ3v) is 4.29. The van der Waals surface area contributed by atoms with Crippen LogP contribution in [0.4, 0.5) is 0 Å². The summed E-state index contributed by atoms with van der Waals surface area (Å²) < 4.78 is 1.26. The molecule has 3 heteroatoms. The summed E-state index contributed by atoms with van der Waals surface area (Å²) in [4.78, 5) is 1.46. The van der Waals surface area contributed by atoms with E-state index in [0.717, 1.165) is 5.92 Å². The third kappa shape index (κ3) is 1.58. The van der Waals surface area contributed by atoms with Gasteiger partial charge in [0.15, 0.2) is 0 Å². The fourth-order valence-corrected chi connectivity index (χ4v) is 3.36. The molecule has 0 aliphatic heterocycles. The van der Waals surface area contributed by atoms with Crippen LogP contribution in [0.1, 0.15) is 23.8 Å². The second-order valence-electron chi connectivity index (χ2n) is 3.24. The Hall–Kier alpha value is 0.140. The van der Waals surface area contributed by atoms with Crippen LogP contribution >= 0.6 is 27.3 Å². The Balaban J connectivity index is 2.20. The Morgan fingerprint density at radius 3 is 2.83 bits per heavy atom. The molecule has 1 aromatic rings. The van der Waals surface area contributed by atoms with Gasteiger partial charge in [-0.2, -0.15) is 0 Å². The lowest BCUT2D eigenvalue weighted by atomic mass is 10.1. The van der Waals surface area contributed by atoms with Crippen molar-refractivity contribution >= 4 is 27.3 Å². The molecular weight excluding hydrogens is 234 g/mol. The van der Waals surface area contributed by atoms with Crippen molar-refractivity contribution in [3.8, 4) is 0 Å². The van der Waals surface area contributed by atoms with E-state index in [-0.39, 0.29) is 0 Å². The zero-order valence-electron chi connectivity index (χ0n) is 7.01. The Morgan fingerprint density at radius 2 is 2.42 bits per heavy atom. The number of rotatable bonds is 3. The Morgan fingerprint density at radius 1 is 1.67 bits per heavy atom. The molecule has 1 aliphatic rings. The highest BCUT2D eigenvalue weighted by Gasteiger charge is 2.32. The summed E-state index contributed by atoms with van der Waals surface area (Å²) in [6.07, 6.45) is 2.77. The van der Waals surface area contributed by atoms with Gasteiger partial charge in [0, 0.05) is 15.4 Å². The van der Waals surface area contributed by atoms with Gasteiger partial charge >= 0.3 is 0 Å². The molecule has 66 valence electrons. The highest BCUT2D eigenvalue weighted by molar-refractivity contribution is 9.10. The Labute approximate surface area is 85.3 Å². The van der Waals surface area contributed by atoms with Crippen LogP contribution in [-0.4, -0.2) is 7.05 Å². The lowest BCUT2D eigenvalue weighted by molar-refractivity contribution is 0.536. The van der Waals surface area contributed by atoms with E-state index in [2.05, 4.69) is 39.7 Å². The summed E-state index contributed by atoms with van der Waals surface area (Å²) in [5, 5.41) is 5.53. The van der Waals surface area contributed by atoms with Gasteiger partial charge in [-0.15, -0.1) is 11.3 Å². The van der Waals surface area contributed by atoms with Crippen LogP contribution in [0.15, 0.2) is 15.9 Å². The van der Waals surface area contributed by atoms with Crippen molar-refractivity contribution in [3.05, 3.63) is 20.8 Å². The van der Waals surface area contributed by atoms with Gasteiger partial charge in [0.1, 0.15) is 0 Å². The molecule has 1 heterocycles. The topological polar surface area (TPSA) is 12.0 Å². The van der Waals surface area contributed by atoms with E-state index >= 15 is 0 Å². The van der Waals surface area contributed by atoms with Crippen molar-refractivity contribution in [1.82, 2.24) is 5.32 Å². The average molecular weight is 246 g/mol. The molecular formula is C9H12BrNS. The van der Waals surface area contributed by atoms with Gasteiger partial charge in [-0.3, -0.25) is 0 Å². The molecule has 1 aliphatic carbocycles. The molecule has 0 amide bonds. The molecule has 1 aromatic heterocycles. The number of thiophene rings is 1. The average Bonchev–Trinajstić information content (AvgIpc) is 2.80. The third-order valence-electron chi connectivity index (χ3n) is 2.33. The summed E-state index contributed by atoms with van der Waals surface area (Å²) in [5.41, 5.74) is 0. The zero-order valence-corrected chi connectivity index (χ0v) is 9.41. The summed E-state index contributed by atoms with van der Waals surface area (Å²) >= 11 is 5.42. The summed E-state index contributed by atoms with van der Waals surface area (Å²) in [6.45, 7) is 0. The highest BCUT2D eigenvalue weighted by Crippen LogP contribution is 2.44. The van der Waals surface area contributed by atoms with Crippen LogP contribution in [-0.2, 0) is 0 Å². The smallest absolute Gasteiger partial charge is 0.0452 e. The number of halogens is 1. The van der Waals surface area contributed by atoms with E-state index in [1.807, 2.05) is 11.3 Å². The second kappa shape index (κ2) is 3.48. The first-order chi connectivity index (χ1) is 5.83. The first-order valence-corrected chi connectivity index (χ1v) is 5.90. The first kappa shape index (κ1) is 8.73. The normalized spacial score (nSPS) is 19.5. The maximum Gasteiger partial charge on any atom is 0.0452 e. The molecule has 1 saturated carbocycles. The van der Waals surface area contributed by atoms with Crippen molar-refractivity contribution in [3.63, 3.8) is 0 Å². The number of hydrogen-bond donors (Lipinski definition) is 1. The van der Waals surface area contributed by atoms with Crippen LogP contribution in [0.2, 0.25) is 0 Å². The fourth-order valence-electron chi connectivity index (χ4n) is 1.54. The van der Waals surface area contributed by atoms with Gasteiger partial charge in [-0.1, -0.05) is 0 Å². The summed E-state index contributed by atoms with van der Waals surface area (Å²) in [7, 11) is 2.05. The molecule has 1 nitrogen and oxygen atoms in total. The standard InChI is InChI=1S/C9H12BrNS/c1-11-8(6-2-3-6)9-7(10)4-5-12-9/h4-6,8,11H,2-3H2,1H3. The van der Waals surface area contributed by atoms with Crippen molar-refractivity contribution in [2.75, 3.05) is 7.05 Å². The summed E-state index contributed by atoms with van der Waals surface area (Å²) in [5.74, 6) is 0.880. The minimum absolute atomic E-state index is 0.583. The van der Waals surface area contributed by atoms with E-state index in [9.17, 15) is 0 Å². The molecule has 1 fully saturated rings. The molecule has 0 aromatic carbocycles. The molecule has 0 spiro atoms. The SMILES string of the molecule is CNC(c1sccc1Br)C1CC1. The van der Waals surface area contributed by atoms with Gasteiger partial charge in [-0.25, -0.2) is 0 Å². The van der Waals surface area contributed by atoms with Crippen LogP contribution in [0.5, 0.6) is 0 Å². The fraction of sp³-hybridized carbons (Fsp3) is 0.556. The predicted molar refractivity (Wildman–Crippen MR) is 56.5 cm³/mol. The first-order valence-electron chi connectivity index (χ1n) is 4.23. The maximum atomic E-state index is 3.57. The molecule has 0 radical (unpaired) electrons. The van der Waals surface area contributed by atoms with Crippen LogP contribution in [0.25, 0.3) is 0 Å². The molecule has 12 heavy (non-hydrogen) atoms. The van der Waals surface area contributed by atoms with Crippen LogP contribution in [0.3, 0.4) is 0 Å². The van der Waals surface area contributed by atoms with E-state index in [0.29, 0.717) is 6.04 Å². The molecule has 1 atom stereocenters. The quantitative estimate of drug-likeness (QED) is 0.863. The molecule has 0 saturated heterocycles. The lowest BCUT2D eigenvalue weighted by Crippen LogP contribution is -2.17. The Kier molecular flexibility index (Phi) is 2.53. The monoisotopic (exact) mass is 245 g/mol. The van der Waals surface area contributed by atoms with E-state index in [1.165, 1.54) is 22.2 Å². The van der Waals surface area contributed by atoms with Crippen molar-refractivity contribution in [2.45, 2.75) is 18.9 Å². The minimum atomic E-state index is 0.583. The largest absolute Gasteiger partial charge is 0.312 e. The molecule has 1 unspecified atom stereocenters. The zero-order chi connectivity index (χ0) is 8.55. The van der Waals surface area contributed by atoms with Gasteiger partial charge in [0.05, 0.1) is 0 Å². The van der Waals surface area contributed by atoms with Crippen LogP contribution in [0, 0.1) is 5.92 Å². The number of hydrogen-bond acceptors (Lipinski definition) is 2. The molecule has 0 bridgehead atoms. The van der Waals surface area contributed by atoms with Crippen LogP contribution < -0.4 is 5.32 Å².